The lowest BCUT2D eigenvalue weighted by molar-refractivity contribution is 0.101. The number of benzene rings is 1. The van der Waals surface area contributed by atoms with Crippen molar-refractivity contribution in [3.8, 4) is 6.07 Å². The van der Waals surface area contributed by atoms with E-state index in [9.17, 15) is 4.79 Å². The van der Waals surface area contributed by atoms with Crippen LogP contribution in [-0.2, 0) is 0 Å². The average molecular weight is 196 g/mol. The predicted molar refractivity (Wildman–Crippen MR) is 56.5 cm³/mol. The first-order chi connectivity index (χ1) is 7.20. The van der Waals surface area contributed by atoms with Crippen LogP contribution in [-0.4, -0.2) is 10.8 Å². The smallest absolute Gasteiger partial charge is 0.178 e. The third-order valence-corrected chi connectivity index (χ3v) is 2.18. The summed E-state index contributed by atoms with van der Waals surface area (Å²) in [5.74, 6) is -0.0544. The van der Waals surface area contributed by atoms with Crippen molar-refractivity contribution in [2.75, 3.05) is 0 Å². The molecule has 0 saturated carbocycles. The molecule has 2 rings (SSSR count). The van der Waals surface area contributed by atoms with Gasteiger partial charge in [-0.1, -0.05) is 6.07 Å². The predicted octanol–water partition coefficient (Wildman–Crippen LogP) is 2.31. The molecule has 3 heteroatoms. The van der Waals surface area contributed by atoms with Crippen LogP contribution in [0.4, 0.5) is 0 Å². The second-order valence-electron chi connectivity index (χ2n) is 3.27. The van der Waals surface area contributed by atoms with Gasteiger partial charge >= 0.3 is 0 Å². The largest absolute Gasteiger partial charge is 0.293 e. The van der Waals surface area contributed by atoms with Crippen LogP contribution >= 0.6 is 0 Å². The van der Waals surface area contributed by atoms with Crippen LogP contribution in [0, 0.1) is 11.3 Å². The second-order valence-corrected chi connectivity index (χ2v) is 3.27. The molecule has 0 atom stereocenters. The van der Waals surface area contributed by atoms with Gasteiger partial charge in [-0.25, -0.2) is 4.98 Å². The van der Waals surface area contributed by atoms with Gasteiger partial charge in [0, 0.05) is 12.3 Å². The zero-order valence-electron chi connectivity index (χ0n) is 8.19. The summed E-state index contributed by atoms with van der Waals surface area (Å²) in [5.41, 5.74) is 1.79. The lowest BCUT2D eigenvalue weighted by atomic mass is 10.1. The first kappa shape index (κ1) is 9.35. The van der Waals surface area contributed by atoms with Crippen LogP contribution in [0.15, 0.2) is 30.3 Å². The summed E-state index contributed by atoms with van der Waals surface area (Å²) in [5, 5.41) is 9.59. The third kappa shape index (κ3) is 1.70. The van der Waals surface area contributed by atoms with Crippen LogP contribution in [0.5, 0.6) is 0 Å². The highest BCUT2D eigenvalue weighted by atomic mass is 16.1. The maximum absolute atomic E-state index is 11.1. The number of Topliss-reactive ketones (excluding diaryl/α,β-unsaturated/α-hetero) is 1. The topological polar surface area (TPSA) is 53.8 Å². The van der Waals surface area contributed by atoms with Crippen molar-refractivity contribution in [1.29, 1.82) is 5.26 Å². The number of carbonyl (C=O) groups excluding carboxylic acids is 1. The maximum Gasteiger partial charge on any atom is 0.178 e. The molecule has 1 aromatic carbocycles. The minimum absolute atomic E-state index is 0.0544. The molecule has 0 aliphatic heterocycles. The van der Waals surface area contributed by atoms with E-state index in [1.807, 2.05) is 0 Å². The molecule has 0 bridgehead atoms. The van der Waals surface area contributed by atoms with Gasteiger partial charge in [-0.3, -0.25) is 4.79 Å². The molecule has 0 aliphatic carbocycles. The van der Waals surface area contributed by atoms with Crippen molar-refractivity contribution >= 4 is 16.7 Å². The fourth-order valence-electron chi connectivity index (χ4n) is 1.39. The number of pyridine rings is 1. The molecule has 0 saturated heterocycles. The zero-order valence-corrected chi connectivity index (χ0v) is 8.19. The lowest BCUT2D eigenvalue weighted by Gasteiger charge is -1.99. The molecule has 1 aromatic heterocycles. The van der Waals surface area contributed by atoms with E-state index in [1.165, 1.54) is 6.92 Å². The number of fused-ring (bicyclic) bond motifs is 1. The molecule has 0 amide bonds. The fourth-order valence-corrected chi connectivity index (χ4v) is 1.39. The summed E-state index contributed by atoms with van der Waals surface area (Å²) < 4.78 is 0. The normalized spacial score (nSPS) is 9.87. The molecule has 0 radical (unpaired) electrons. The van der Waals surface area contributed by atoms with Gasteiger partial charge in [-0.05, 0) is 24.3 Å². The molecule has 0 spiro atoms. The SMILES string of the molecule is CC(=O)c1ccc2cc(C#N)ccc2n1. The van der Waals surface area contributed by atoms with E-state index in [1.54, 1.807) is 30.3 Å². The molecule has 15 heavy (non-hydrogen) atoms. The number of nitrogens with zero attached hydrogens (tertiary/aromatic N) is 2. The Morgan fingerprint density at radius 1 is 1.33 bits per heavy atom. The highest BCUT2D eigenvalue weighted by Crippen LogP contribution is 2.14. The Balaban J connectivity index is 2.66. The maximum atomic E-state index is 11.1. The van der Waals surface area contributed by atoms with Crippen molar-refractivity contribution in [3.63, 3.8) is 0 Å². The quantitative estimate of drug-likeness (QED) is 0.657. The molecule has 3 nitrogen and oxygen atoms in total. The summed E-state index contributed by atoms with van der Waals surface area (Å²) >= 11 is 0. The van der Waals surface area contributed by atoms with Gasteiger partial charge in [0.25, 0.3) is 0 Å². The van der Waals surface area contributed by atoms with Crippen LogP contribution in [0.2, 0.25) is 0 Å². The number of carbonyl (C=O) groups is 1. The number of hydrogen-bond acceptors (Lipinski definition) is 3. The van der Waals surface area contributed by atoms with E-state index in [-0.39, 0.29) is 5.78 Å². The van der Waals surface area contributed by atoms with Gasteiger partial charge in [0.15, 0.2) is 5.78 Å². The number of ketones is 1. The Hall–Kier alpha value is -2.21. The number of rotatable bonds is 1. The summed E-state index contributed by atoms with van der Waals surface area (Å²) in [6.07, 6.45) is 0. The molecule has 0 fully saturated rings. The van der Waals surface area contributed by atoms with Gasteiger partial charge < -0.3 is 0 Å². The highest BCUT2D eigenvalue weighted by molar-refractivity contribution is 5.94. The molecular formula is C12H8N2O. The first-order valence-electron chi connectivity index (χ1n) is 4.52. The van der Waals surface area contributed by atoms with Gasteiger partial charge in [-0.15, -0.1) is 0 Å². The zero-order chi connectivity index (χ0) is 10.8. The van der Waals surface area contributed by atoms with Gasteiger partial charge in [0.05, 0.1) is 17.1 Å². The monoisotopic (exact) mass is 196 g/mol. The van der Waals surface area contributed by atoms with Crippen molar-refractivity contribution in [1.82, 2.24) is 4.98 Å². The van der Waals surface area contributed by atoms with Crippen molar-refractivity contribution in [2.45, 2.75) is 6.92 Å². The number of hydrogen-bond donors (Lipinski definition) is 0. The molecular weight excluding hydrogens is 188 g/mol. The fraction of sp³-hybridized carbons (Fsp3) is 0.0833. The second kappa shape index (κ2) is 3.50. The van der Waals surface area contributed by atoms with Crippen LogP contribution in [0.3, 0.4) is 0 Å². The standard InChI is InChI=1S/C12H8N2O/c1-8(15)11-5-3-10-6-9(7-13)2-4-12(10)14-11/h2-6H,1H3. The van der Waals surface area contributed by atoms with Crippen molar-refractivity contribution in [2.24, 2.45) is 0 Å². The van der Waals surface area contributed by atoms with E-state index in [4.69, 9.17) is 5.26 Å². The summed E-state index contributed by atoms with van der Waals surface area (Å²) in [6, 6.07) is 10.7. The third-order valence-electron chi connectivity index (χ3n) is 2.18. The van der Waals surface area contributed by atoms with Crippen molar-refractivity contribution < 1.29 is 4.79 Å². The van der Waals surface area contributed by atoms with E-state index >= 15 is 0 Å². The summed E-state index contributed by atoms with van der Waals surface area (Å²) in [6.45, 7) is 1.48. The van der Waals surface area contributed by atoms with Crippen LogP contribution < -0.4 is 0 Å². The van der Waals surface area contributed by atoms with Crippen LogP contribution in [0.1, 0.15) is 23.0 Å². The Bertz CT molecular complexity index is 582. The molecule has 0 unspecified atom stereocenters. The minimum atomic E-state index is -0.0544. The highest BCUT2D eigenvalue weighted by Gasteiger charge is 2.02. The average Bonchev–Trinajstić information content (AvgIpc) is 2.27. The number of aromatic nitrogens is 1. The Morgan fingerprint density at radius 2 is 2.13 bits per heavy atom. The molecule has 2 aromatic rings. The Kier molecular flexibility index (Phi) is 2.18. The molecule has 0 aliphatic rings. The summed E-state index contributed by atoms with van der Waals surface area (Å²) in [7, 11) is 0. The van der Waals surface area contributed by atoms with E-state index in [0.717, 1.165) is 10.9 Å². The molecule has 1 heterocycles. The van der Waals surface area contributed by atoms with Crippen molar-refractivity contribution in [3.05, 3.63) is 41.6 Å². The Labute approximate surface area is 87.0 Å². The summed E-state index contributed by atoms with van der Waals surface area (Å²) in [4.78, 5) is 15.3. The van der Waals surface area contributed by atoms with Gasteiger partial charge in [0.1, 0.15) is 5.69 Å². The first-order valence-corrected chi connectivity index (χ1v) is 4.52. The van der Waals surface area contributed by atoms with E-state index < -0.39 is 0 Å². The van der Waals surface area contributed by atoms with E-state index in [2.05, 4.69) is 11.1 Å². The minimum Gasteiger partial charge on any atom is -0.293 e. The molecule has 72 valence electrons. The lowest BCUT2D eigenvalue weighted by Crippen LogP contribution is -1.96. The van der Waals surface area contributed by atoms with Gasteiger partial charge in [-0.2, -0.15) is 5.26 Å². The number of nitriles is 1. The van der Waals surface area contributed by atoms with E-state index in [0.29, 0.717) is 11.3 Å². The molecule has 0 N–H and O–H groups in total. The van der Waals surface area contributed by atoms with Gasteiger partial charge in [0.2, 0.25) is 0 Å². The van der Waals surface area contributed by atoms with Crippen LogP contribution in [0.25, 0.3) is 10.9 Å². The Morgan fingerprint density at radius 3 is 2.80 bits per heavy atom.